The quantitative estimate of drug-likeness (QED) is 0.799. The Labute approximate surface area is 117 Å². The molecule has 0 saturated carbocycles. The normalized spacial score (nSPS) is 11.4. The third-order valence-electron chi connectivity index (χ3n) is 2.96. The summed E-state index contributed by atoms with van der Waals surface area (Å²) >= 11 is 0. The lowest BCUT2D eigenvalue weighted by molar-refractivity contribution is -0.135. The lowest BCUT2D eigenvalue weighted by Gasteiger charge is -2.25. The Hall–Kier alpha value is -1.43. The summed E-state index contributed by atoms with van der Waals surface area (Å²) in [5, 5.41) is 0. The number of halogens is 3. The number of ether oxygens (including phenoxy) is 1. The summed E-state index contributed by atoms with van der Waals surface area (Å²) in [5.74, 6) is 0.725. The SMILES string of the molecule is COc1ccc(N(CCCN)CCCC(F)(F)F)cc1. The molecule has 0 aliphatic carbocycles. The molecule has 0 unspecified atom stereocenters. The minimum Gasteiger partial charge on any atom is -0.497 e. The number of hydrogen-bond donors (Lipinski definition) is 1. The van der Waals surface area contributed by atoms with Gasteiger partial charge in [-0.25, -0.2) is 0 Å². The van der Waals surface area contributed by atoms with Crippen molar-refractivity contribution < 1.29 is 17.9 Å². The van der Waals surface area contributed by atoms with E-state index in [1.165, 1.54) is 0 Å². The molecule has 0 heterocycles. The minimum absolute atomic E-state index is 0.0834. The first-order valence-electron chi connectivity index (χ1n) is 6.62. The van der Waals surface area contributed by atoms with Crippen LogP contribution in [0.4, 0.5) is 18.9 Å². The molecule has 1 aromatic rings. The molecule has 1 aromatic carbocycles. The third kappa shape index (κ3) is 6.14. The highest BCUT2D eigenvalue weighted by Crippen LogP contribution is 2.24. The number of anilines is 1. The predicted octanol–water partition coefficient (Wildman–Crippen LogP) is 3.19. The first-order chi connectivity index (χ1) is 9.46. The predicted molar refractivity (Wildman–Crippen MR) is 74.2 cm³/mol. The Morgan fingerprint density at radius 1 is 1.10 bits per heavy atom. The summed E-state index contributed by atoms with van der Waals surface area (Å²) < 4.78 is 41.7. The zero-order chi connectivity index (χ0) is 15.0. The molecule has 0 saturated heterocycles. The maximum Gasteiger partial charge on any atom is 0.389 e. The van der Waals surface area contributed by atoms with E-state index in [-0.39, 0.29) is 6.42 Å². The fourth-order valence-electron chi connectivity index (χ4n) is 1.92. The number of nitrogens with zero attached hydrogens (tertiary/aromatic N) is 1. The van der Waals surface area contributed by atoms with Gasteiger partial charge in [-0.3, -0.25) is 0 Å². The fraction of sp³-hybridized carbons (Fsp3) is 0.571. The first-order valence-corrected chi connectivity index (χ1v) is 6.62. The second kappa shape index (κ2) is 7.99. The van der Waals surface area contributed by atoms with Crippen molar-refractivity contribution in [2.24, 2.45) is 5.73 Å². The van der Waals surface area contributed by atoms with Crippen molar-refractivity contribution in [3.05, 3.63) is 24.3 Å². The van der Waals surface area contributed by atoms with Gasteiger partial charge < -0.3 is 15.4 Å². The van der Waals surface area contributed by atoms with E-state index in [1.54, 1.807) is 19.2 Å². The second-order valence-electron chi connectivity index (χ2n) is 4.55. The maximum atomic E-state index is 12.2. The molecule has 0 spiro atoms. The third-order valence-corrected chi connectivity index (χ3v) is 2.96. The maximum absolute atomic E-state index is 12.2. The van der Waals surface area contributed by atoms with Crippen LogP contribution in [0.25, 0.3) is 0 Å². The van der Waals surface area contributed by atoms with E-state index in [1.807, 2.05) is 17.0 Å². The highest BCUT2D eigenvalue weighted by Gasteiger charge is 2.26. The van der Waals surface area contributed by atoms with Crippen LogP contribution in [0.2, 0.25) is 0 Å². The lowest BCUT2D eigenvalue weighted by atomic mass is 10.2. The Bertz CT molecular complexity index is 379. The number of benzene rings is 1. The van der Waals surface area contributed by atoms with Crippen molar-refractivity contribution >= 4 is 5.69 Å². The highest BCUT2D eigenvalue weighted by molar-refractivity contribution is 5.49. The van der Waals surface area contributed by atoms with Crippen molar-refractivity contribution in [1.82, 2.24) is 0 Å². The molecule has 114 valence electrons. The lowest BCUT2D eigenvalue weighted by Crippen LogP contribution is -2.28. The van der Waals surface area contributed by atoms with E-state index >= 15 is 0 Å². The van der Waals surface area contributed by atoms with Gasteiger partial charge in [-0.15, -0.1) is 0 Å². The Kier molecular flexibility index (Phi) is 6.64. The van der Waals surface area contributed by atoms with E-state index in [4.69, 9.17) is 10.5 Å². The topological polar surface area (TPSA) is 38.5 Å². The highest BCUT2D eigenvalue weighted by atomic mass is 19.4. The van der Waals surface area contributed by atoms with E-state index in [0.29, 0.717) is 19.6 Å². The summed E-state index contributed by atoms with van der Waals surface area (Å²) in [6, 6.07) is 7.30. The molecule has 3 nitrogen and oxygen atoms in total. The van der Waals surface area contributed by atoms with Crippen LogP contribution >= 0.6 is 0 Å². The molecule has 0 aliphatic rings. The Morgan fingerprint density at radius 2 is 1.70 bits per heavy atom. The molecule has 0 amide bonds. The van der Waals surface area contributed by atoms with Gasteiger partial charge in [-0.2, -0.15) is 13.2 Å². The molecule has 0 aliphatic heterocycles. The van der Waals surface area contributed by atoms with Gasteiger partial charge in [0.05, 0.1) is 7.11 Å². The van der Waals surface area contributed by atoms with Crippen LogP contribution in [0.1, 0.15) is 19.3 Å². The summed E-state index contributed by atoms with van der Waals surface area (Å²) in [5.41, 5.74) is 6.36. The number of alkyl halides is 3. The molecule has 2 N–H and O–H groups in total. The summed E-state index contributed by atoms with van der Waals surface area (Å²) in [4.78, 5) is 1.93. The van der Waals surface area contributed by atoms with Gasteiger partial charge in [-0.1, -0.05) is 0 Å². The fourth-order valence-corrected chi connectivity index (χ4v) is 1.92. The number of methoxy groups -OCH3 is 1. The number of hydrogen-bond acceptors (Lipinski definition) is 3. The zero-order valence-electron chi connectivity index (χ0n) is 11.6. The van der Waals surface area contributed by atoms with Crippen LogP contribution in [0, 0.1) is 0 Å². The van der Waals surface area contributed by atoms with Crippen LogP contribution in [-0.4, -0.2) is 32.9 Å². The number of nitrogens with two attached hydrogens (primary N) is 1. The first kappa shape index (κ1) is 16.6. The summed E-state index contributed by atoms with van der Waals surface area (Å²) in [6.07, 6.45) is -4.03. The van der Waals surface area contributed by atoms with E-state index in [0.717, 1.165) is 17.9 Å². The van der Waals surface area contributed by atoms with Gasteiger partial charge in [-0.05, 0) is 43.7 Å². The Morgan fingerprint density at radius 3 is 2.20 bits per heavy atom. The zero-order valence-corrected chi connectivity index (χ0v) is 11.6. The van der Waals surface area contributed by atoms with Crippen LogP contribution < -0.4 is 15.4 Å². The minimum atomic E-state index is -4.10. The van der Waals surface area contributed by atoms with Crippen molar-refractivity contribution in [3.63, 3.8) is 0 Å². The van der Waals surface area contributed by atoms with Crippen molar-refractivity contribution in [1.29, 1.82) is 0 Å². The average molecular weight is 290 g/mol. The van der Waals surface area contributed by atoms with Gasteiger partial charge >= 0.3 is 6.18 Å². The van der Waals surface area contributed by atoms with Crippen LogP contribution in [-0.2, 0) is 0 Å². The summed E-state index contributed by atoms with van der Waals surface area (Å²) in [7, 11) is 1.57. The second-order valence-corrected chi connectivity index (χ2v) is 4.55. The molecule has 0 atom stereocenters. The number of rotatable bonds is 8. The molecular weight excluding hydrogens is 269 g/mol. The van der Waals surface area contributed by atoms with Gasteiger partial charge in [0.1, 0.15) is 5.75 Å². The molecular formula is C14H21F3N2O. The van der Waals surface area contributed by atoms with Gasteiger partial charge in [0.15, 0.2) is 0 Å². The van der Waals surface area contributed by atoms with E-state index < -0.39 is 12.6 Å². The van der Waals surface area contributed by atoms with Gasteiger partial charge in [0.25, 0.3) is 0 Å². The monoisotopic (exact) mass is 290 g/mol. The van der Waals surface area contributed by atoms with Crippen molar-refractivity contribution in [3.8, 4) is 5.75 Å². The largest absolute Gasteiger partial charge is 0.497 e. The van der Waals surface area contributed by atoms with Gasteiger partial charge in [0, 0.05) is 25.2 Å². The molecule has 0 radical (unpaired) electrons. The van der Waals surface area contributed by atoms with Crippen LogP contribution in [0.3, 0.4) is 0 Å². The standard InChI is InChI=1S/C14H21F3N2O/c1-20-13-6-4-12(5-7-13)19(11-3-9-18)10-2-8-14(15,16)17/h4-7H,2-3,8-11,18H2,1H3. The molecule has 0 aromatic heterocycles. The summed E-state index contributed by atoms with van der Waals surface area (Å²) in [6.45, 7) is 1.54. The van der Waals surface area contributed by atoms with Gasteiger partial charge in [0.2, 0.25) is 0 Å². The molecule has 20 heavy (non-hydrogen) atoms. The molecule has 6 heteroatoms. The van der Waals surface area contributed by atoms with Crippen molar-refractivity contribution in [2.75, 3.05) is 31.6 Å². The average Bonchev–Trinajstić information content (AvgIpc) is 2.41. The molecule has 0 fully saturated rings. The molecule has 0 bridgehead atoms. The van der Waals surface area contributed by atoms with E-state index in [9.17, 15) is 13.2 Å². The van der Waals surface area contributed by atoms with Crippen LogP contribution in [0.5, 0.6) is 5.75 Å². The Balaban J connectivity index is 2.62. The smallest absolute Gasteiger partial charge is 0.389 e. The molecule has 1 rings (SSSR count). The van der Waals surface area contributed by atoms with Crippen LogP contribution in [0.15, 0.2) is 24.3 Å². The van der Waals surface area contributed by atoms with Crippen molar-refractivity contribution in [2.45, 2.75) is 25.4 Å². The van der Waals surface area contributed by atoms with E-state index in [2.05, 4.69) is 0 Å².